The molecule has 2 aromatic rings. The van der Waals surface area contributed by atoms with Crippen LogP contribution in [0.3, 0.4) is 0 Å². The van der Waals surface area contributed by atoms with Gasteiger partial charge < -0.3 is 20.1 Å². The van der Waals surface area contributed by atoms with Crippen molar-refractivity contribution in [3.63, 3.8) is 0 Å². The molecule has 1 unspecified atom stereocenters. The second-order valence-corrected chi connectivity index (χ2v) is 7.71. The number of rotatable bonds is 9. The first kappa shape index (κ1) is 25.3. The molecular weight excluding hydrogens is 507 g/mol. The highest BCUT2D eigenvalue weighted by atomic mass is 127. The van der Waals surface area contributed by atoms with Crippen LogP contribution in [0.4, 0.5) is 0 Å². The third kappa shape index (κ3) is 7.88. The number of ether oxygens (including phenoxy) is 2. The summed E-state index contributed by atoms with van der Waals surface area (Å²) in [6.45, 7) is 3.79. The maximum absolute atomic E-state index is 5.39. The van der Waals surface area contributed by atoms with E-state index in [1.165, 1.54) is 11.1 Å². The van der Waals surface area contributed by atoms with Crippen LogP contribution in [0.1, 0.15) is 24.0 Å². The van der Waals surface area contributed by atoms with Gasteiger partial charge in [0.05, 0.1) is 20.4 Å². The Morgan fingerprint density at radius 3 is 2.55 bits per heavy atom. The zero-order chi connectivity index (χ0) is 21.3. The van der Waals surface area contributed by atoms with Crippen molar-refractivity contribution in [3.05, 3.63) is 41.7 Å². The van der Waals surface area contributed by atoms with Gasteiger partial charge in [0.15, 0.2) is 5.96 Å². The molecule has 1 saturated heterocycles. The molecule has 1 aliphatic rings. The van der Waals surface area contributed by atoms with Crippen molar-refractivity contribution in [1.82, 2.24) is 25.3 Å². The summed E-state index contributed by atoms with van der Waals surface area (Å²) < 4.78 is 12.6. The van der Waals surface area contributed by atoms with Crippen LogP contribution in [0.2, 0.25) is 0 Å². The monoisotopic (exact) mass is 542 g/mol. The largest absolute Gasteiger partial charge is 0.497 e. The number of hydrogen-bond donors (Lipinski definition) is 2. The summed E-state index contributed by atoms with van der Waals surface area (Å²) in [5.74, 6) is 2.53. The molecule has 0 bridgehead atoms. The summed E-state index contributed by atoms with van der Waals surface area (Å²) in [4.78, 5) is 6.83. The van der Waals surface area contributed by atoms with E-state index in [9.17, 15) is 0 Å². The molecule has 8 nitrogen and oxygen atoms in total. The first-order chi connectivity index (χ1) is 14.6. The number of aryl methyl sites for hydroxylation is 2. The molecule has 1 aliphatic heterocycles. The second kappa shape index (κ2) is 12.7. The Morgan fingerprint density at radius 1 is 1.19 bits per heavy atom. The van der Waals surface area contributed by atoms with Crippen molar-refractivity contribution in [2.45, 2.75) is 31.8 Å². The van der Waals surface area contributed by atoms with Gasteiger partial charge in [-0.25, -0.2) is 0 Å². The summed E-state index contributed by atoms with van der Waals surface area (Å²) in [6.07, 6.45) is 7.15. The van der Waals surface area contributed by atoms with Crippen molar-refractivity contribution >= 4 is 29.9 Å². The Labute approximate surface area is 202 Å². The predicted octanol–water partition coefficient (Wildman–Crippen LogP) is 2.43. The van der Waals surface area contributed by atoms with E-state index in [-0.39, 0.29) is 24.0 Å². The predicted molar refractivity (Wildman–Crippen MR) is 135 cm³/mol. The molecule has 2 heterocycles. The second-order valence-electron chi connectivity index (χ2n) is 7.71. The Balaban J connectivity index is 0.00000341. The van der Waals surface area contributed by atoms with E-state index in [4.69, 9.17) is 9.47 Å². The Morgan fingerprint density at radius 2 is 1.94 bits per heavy atom. The Hall–Kier alpha value is -2.01. The van der Waals surface area contributed by atoms with Crippen LogP contribution in [0.25, 0.3) is 0 Å². The molecule has 1 aromatic carbocycles. The minimum absolute atomic E-state index is 0. The number of guanidine groups is 1. The van der Waals surface area contributed by atoms with Crippen LogP contribution in [0.5, 0.6) is 11.5 Å². The summed E-state index contributed by atoms with van der Waals surface area (Å²) >= 11 is 0. The SMILES string of the molecule is CN=C(NCCCc1cnn(C)c1)NC1CCN(Cc2cc(OC)cc(OC)c2)C1.I. The highest BCUT2D eigenvalue weighted by molar-refractivity contribution is 14.0. The van der Waals surface area contributed by atoms with Crippen molar-refractivity contribution < 1.29 is 9.47 Å². The number of methoxy groups -OCH3 is 2. The quantitative estimate of drug-likeness (QED) is 0.220. The van der Waals surface area contributed by atoms with E-state index in [0.29, 0.717) is 6.04 Å². The Kier molecular flexibility index (Phi) is 10.4. The van der Waals surface area contributed by atoms with Crippen molar-refractivity contribution in [2.24, 2.45) is 12.0 Å². The van der Waals surface area contributed by atoms with Crippen molar-refractivity contribution in [3.8, 4) is 11.5 Å². The minimum atomic E-state index is 0. The average Bonchev–Trinajstić information content (AvgIpc) is 3.38. The number of halogens is 1. The standard InChI is InChI=1S/C22H34N6O2.HI/c1-23-22(24-8-5-6-17-13-25-27(2)14-17)26-19-7-9-28(16-19)15-18-10-20(29-3)12-21(11-18)30-4;/h10-14,19H,5-9,15-16H2,1-4H3,(H2,23,24,26);1H. The zero-order valence-corrected chi connectivity index (χ0v) is 21.3. The van der Waals surface area contributed by atoms with E-state index in [0.717, 1.165) is 62.9 Å². The molecule has 0 radical (unpaired) electrons. The lowest BCUT2D eigenvalue weighted by atomic mass is 10.2. The molecule has 1 aromatic heterocycles. The molecule has 31 heavy (non-hydrogen) atoms. The molecule has 1 fully saturated rings. The topological polar surface area (TPSA) is 75.9 Å². The van der Waals surface area contributed by atoms with Crippen LogP contribution in [-0.4, -0.2) is 67.6 Å². The number of likely N-dealkylation sites (tertiary alicyclic amines) is 1. The maximum Gasteiger partial charge on any atom is 0.191 e. The molecule has 0 aliphatic carbocycles. The number of nitrogens with zero attached hydrogens (tertiary/aromatic N) is 4. The van der Waals surface area contributed by atoms with Gasteiger partial charge in [-0.1, -0.05) is 0 Å². The number of hydrogen-bond acceptors (Lipinski definition) is 5. The van der Waals surface area contributed by atoms with Crippen molar-refractivity contribution in [1.29, 1.82) is 0 Å². The van der Waals surface area contributed by atoms with Gasteiger partial charge in [0, 0.05) is 58.6 Å². The fraction of sp³-hybridized carbons (Fsp3) is 0.545. The van der Waals surface area contributed by atoms with E-state index in [1.54, 1.807) is 14.2 Å². The van der Waals surface area contributed by atoms with Crippen LogP contribution in [0.15, 0.2) is 35.6 Å². The van der Waals surface area contributed by atoms with E-state index in [1.807, 2.05) is 31.0 Å². The fourth-order valence-electron chi connectivity index (χ4n) is 3.80. The van der Waals surface area contributed by atoms with Gasteiger partial charge in [-0.15, -0.1) is 24.0 Å². The lowest BCUT2D eigenvalue weighted by Crippen LogP contribution is -2.44. The van der Waals surface area contributed by atoms with Gasteiger partial charge in [0.2, 0.25) is 0 Å². The molecule has 172 valence electrons. The first-order valence-electron chi connectivity index (χ1n) is 10.5. The van der Waals surface area contributed by atoms with Crippen LogP contribution in [0, 0.1) is 0 Å². The summed E-state index contributed by atoms with van der Waals surface area (Å²) in [7, 11) is 7.14. The molecule has 0 amide bonds. The zero-order valence-electron chi connectivity index (χ0n) is 18.9. The number of aromatic nitrogens is 2. The smallest absolute Gasteiger partial charge is 0.191 e. The molecule has 0 saturated carbocycles. The summed E-state index contributed by atoms with van der Waals surface area (Å²) in [5, 5.41) is 11.2. The van der Waals surface area contributed by atoms with E-state index in [2.05, 4.69) is 44.0 Å². The van der Waals surface area contributed by atoms with Crippen LogP contribution in [-0.2, 0) is 20.0 Å². The molecular formula is C22H35IN6O2. The van der Waals surface area contributed by atoms with Gasteiger partial charge >= 0.3 is 0 Å². The maximum atomic E-state index is 5.39. The average molecular weight is 542 g/mol. The lowest BCUT2D eigenvalue weighted by molar-refractivity contribution is 0.321. The highest BCUT2D eigenvalue weighted by Crippen LogP contribution is 2.24. The van der Waals surface area contributed by atoms with Crippen LogP contribution < -0.4 is 20.1 Å². The summed E-state index contributed by atoms with van der Waals surface area (Å²) in [5.41, 5.74) is 2.47. The lowest BCUT2D eigenvalue weighted by Gasteiger charge is -2.19. The van der Waals surface area contributed by atoms with Gasteiger partial charge in [-0.3, -0.25) is 14.6 Å². The highest BCUT2D eigenvalue weighted by Gasteiger charge is 2.23. The minimum Gasteiger partial charge on any atom is -0.497 e. The van der Waals surface area contributed by atoms with Gasteiger partial charge in [0.25, 0.3) is 0 Å². The third-order valence-electron chi connectivity index (χ3n) is 5.35. The Bertz CT molecular complexity index is 819. The molecule has 1 atom stereocenters. The normalized spacial score (nSPS) is 16.6. The number of aliphatic imine (C=N–C) groups is 1. The fourth-order valence-corrected chi connectivity index (χ4v) is 3.80. The van der Waals surface area contributed by atoms with Crippen molar-refractivity contribution in [2.75, 3.05) is 40.9 Å². The van der Waals surface area contributed by atoms with E-state index < -0.39 is 0 Å². The van der Waals surface area contributed by atoms with Gasteiger partial charge in [-0.2, -0.15) is 5.10 Å². The summed E-state index contributed by atoms with van der Waals surface area (Å²) in [6, 6.07) is 6.45. The van der Waals surface area contributed by atoms with Crippen LogP contribution >= 0.6 is 24.0 Å². The number of nitrogens with one attached hydrogen (secondary N) is 2. The third-order valence-corrected chi connectivity index (χ3v) is 5.35. The van der Waals surface area contributed by atoms with Gasteiger partial charge in [-0.05, 0) is 42.5 Å². The molecule has 9 heteroatoms. The van der Waals surface area contributed by atoms with Gasteiger partial charge in [0.1, 0.15) is 11.5 Å². The number of benzene rings is 1. The van der Waals surface area contributed by atoms with E-state index >= 15 is 0 Å². The first-order valence-corrected chi connectivity index (χ1v) is 10.5. The molecule has 2 N–H and O–H groups in total. The molecule has 0 spiro atoms. The molecule has 3 rings (SSSR count).